The number of barbiturate groups is 1. The van der Waals surface area contributed by atoms with Gasteiger partial charge in [-0.1, -0.05) is 13.3 Å². The van der Waals surface area contributed by atoms with Crippen LogP contribution < -0.4 is 5.32 Å². The Bertz CT molecular complexity index is 549. The van der Waals surface area contributed by atoms with Crippen LogP contribution in [-0.2, 0) is 9.59 Å². The first-order valence-corrected chi connectivity index (χ1v) is 6.70. The maximum atomic E-state index is 12.4. The van der Waals surface area contributed by atoms with Crippen molar-refractivity contribution in [2.75, 3.05) is 0 Å². The van der Waals surface area contributed by atoms with E-state index in [-0.39, 0.29) is 0 Å². The normalized spacial score (nSPS) is 21.1. The maximum absolute atomic E-state index is 12.4. The van der Waals surface area contributed by atoms with E-state index in [9.17, 15) is 14.4 Å². The van der Waals surface area contributed by atoms with E-state index >= 15 is 0 Å². The number of urea groups is 1. The van der Waals surface area contributed by atoms with Crippen LogP contribution in [0.2, 0.25) is 0 Å². The minimum Gasteiger partial charge on any atom is -0.464 e. The fourth-order valence-corrected chi connectivity index (χ4v) is 2.35. The summed E-state index contributed by atoms with van der Waals surface area (Å²) in [7, 11) is 0. The lowest BCUT2D eigenvalue weighted by Gasteiger charge is -2.33. The number of carbonyl (C=O) groups is 3. The largest absolute Gasteiger partial charge is 0.464 e. The molecule has 1 aliphatic rings. The van der Waals surface area contributed by atoms with Crippen LogP contribution >= 0.6 is 0 Å². The first-order chi connectivity index (χ1) is 9.45. The van der Waals surface area contributed by atoms with Gasteiger partial charge in [0.1, 0.15) is 17.4 Å². The molecule has 2 rings (SSSR count). The minimum absolute atomic E-state index is 0.429. The van der Waals surface area contributed by atoms with Crippen molar-refractivity contribution in [2.24, 2.45) is 5.92 Å². The summed E-state index contributed by atoms with van der Waals surface area (Å²) in [5, 5.41) is 2.24. The molecule has 2 atom stereocenters. The average Bonchev–Trinajstić information content (AvgIpc) is 2.81. The summed E-state index contributed by atoms with van der Waals surface area (Å²) in [6.45, 7) is 5.38. The van der Waals surface area contributed by atoms with Crippen LogP contribution in [0.1, 0.15) is 44.3 Å². The van der Waals surface area contributed by atoms with Gasteiger partial charge in [-0.15, -0.1) is 0 Å². The Labute approximate surface area is 117 Å². The van der Waals surface area contributed by atoms with Crippen molar-refractivity contribution < 1.29 is 18.8 Å². The molecule has 1 aromatic rings. The highest BCUT2D eigenvalue weighted by molar-refractivity contribution is 6.16. The zero-order chi connectivity index (χ0) is 14.9. The van der Waals surface area contributed by atoms with Gasteiger partial charge in [-0.05, 0) is 32.4 Å². The van der Waals surface area contributed by atoms with Crippen LogP contribution in [0.5, 0.6) is 0 Å². The smallest absolute Gasteiger partial charge is 0.331 e. The summed E-state index contributed by atoms with van der Waals surface area (Å²) in [4.78, 5) is 37.1. The molecule has 0 aliphatic carbocycles. The lowest BCUT2D eigenvalue weighted by molar-refractivity contribution is -0.144. The highest BCUT2D eigenvalue weighted by atomic mass is 16.3. The number of amides is 4. The van der Waals surface area contributed by atoms with Crippen molar-refractivity contribution >= 4 is 17.8 Å². The molecule has 0 bridgehead atoms. The Kier molecular flexibility index (Phi) is 3.92. The van der Waals surface area contributed by atoms with Crippen LogP contribution in [0.25, 0.3) is 0 Å². The Morgan fingerprint density at radius 1 is 1.35 bits per heavy atom. The van der Waals surface area contributed by atoms with Gasteiger partial charge < -0.3 is 4.42 Å². The summed E-state index contributed by atoms with van der Waals surface area (Å²) in [6, 6.07) is 2.27. The fourth-order valence-electron chi connectivity index (χ4n) is 2.35. The highest BCUT2D eigenvalue weighted by Gasteiger charge is 2.42. The summed E-state index contributed by atoms with van der Waals surface area (Å²) < 4.78 is 5.46. The number of hydrogen-bond donors (Lipinski definition) is 1. The Morgan fingerprint density at radius 2 is 2.05 bits per heavy atom. The predicted octanol–water partition coefficient (Wildman–Crippen LogP) is 2.14. The van der Waals surface area contributed by atoms with Crippen molar-refractivity contribution in [3.05, 3.63) is 23.7 Å². The lowest BCUT2D eigenvalue weighted by atomic mass is 9.98. The predicted molar refractivity (Wildman–Crippen MR) is 70.6 cm³/mol. The molecule has 0 spiro atoms. The zero-order valence-corrected chi connectivity index (χ0v) is 11.8. The third-order valence-electron chi connectivity index (χ3n) is 3.44. The third kappa shape index (κ3) is 2.45. The van der Waals surface area contributed by atoms with Crippen molar-refractivity contribution in [3.8, 4) is 0 Å². The van der Waals surface area contributed by atoms with E-state index in [1.54, 1.807) is 26.0 Å². The number of carbonyl (C=O) groups excluding carboxylic acids is 3. The van der Waals surface area contributed by atoms with E-state index in [0.29, 0.717) is 24.4 Å². The Morgan fingerprint density at radius 3 is 2.60 bits per heavy atom. The van der Waals surface area contributed by atoms with E-state index in [1.807, 2.05) is 6.92 Å². The van der Waals surface area contributed by atoms with E-state index in [1.165, 1.54) is 0 Å². The van der Waals surface area contributed by atoms with E-state index in [0.717, 1.165) is 4.90 Å². The molecular formula is C14H18N2O4. The number of hydrogen-bond acceptors (Lipinski definition) is 4. The van der Waals surface area contributed by atoms with Gasteiger partial charge in [0.05, 0.1) is 6.04 Å². The molecule has 1 N–H and O–H groups in total. The quantitative estimate of drug-likeness (QED) is 0.856. The second-order valence-corrected chi connectivity index (χ2v) is 4.97. The summed E-state index contributed by atoms with van der Waals surface area (Å²) in [5.74, 6) is -0.534. The molecule has 0 saturated carbocycles. The first kappa shape index (κ1) is 14.3. The number of aryl methyl sites for hydroxylation is 1. The number of furan rings is 1. The molecule has 4 amide bonds. The molecular weight excluding hydrogens is 260 g/mol. The maximum Gasteiger partial charge on any atom is 0.331 e. The van der Waals surface area contributed by atoms with Crippen molar-refractivity contribution in [3.63, 3.8) is 0 Å². The van der Waals surface area contributed by atoms with Gasteiger partial charge in [-0.3, -0.25) is 19.8 Å². The van der Waals surface area contributed by atoms with E-state index in [4.69, 9.17) is 4.42 Å². The SMILES string of the molecule is CCCC1C(=O)NC(=O)N(C(C)c2ccc(C)o2)C1=O. The molecule has 6 nitrogen and oxygen atoms in total. The zero-order valence-electron chi connectivity index (χ0n) is 11.8. The number of nitrogens with one attached hydrogen (secondary N) is 1. The molecule has 0 aromatic carbocycles. The minimum atomic E-state index is -0.795. The summed E-state index contributed by atoms with van der Waals surface area (Å²) in [5.41, 5.74) is 0. The molecule has 0 radical (unpaired) electrons. The first-order valence-electron chi connectivity index (χ1n) is 6.70. The summed E-state index contributed by atoms with van der Waals surface area (Å²) >= 11 is 0. The molecule has 1 saturated heterocycles. The number of nitrogens with zero attached hydrogens (tertiary/aromatic N) is 1. The molecule has 2 unspecified atom stereocenters. The van der Waals surface area contributed by atoms with Crippen LogP contribution in [0.3, 0.4) is 0 Å². The fraction of sp³-hybridized carbons (Fsp3) is 0.500. The van der Waals surface area contributed by atoms with Crippen LogP contribution in [0.4, 0.5) is 4.79 Å². The van der Waals surface area contributed by atoms with Crippen molar-refractivity contribution in [1.82, 2.24) is 10.2 Å². The average molecular weight is 278 g/mol. The van der Waals surface area contributed by atoms with Gasteiger partial charge in [-0.25, -0.2) is 4.79 Å². The molecule has 108 valence electrons. The van der Waals surface area contributed by atoms with Crippen molar-refractivity contribution in [2.45, 2.75) is 39.7 Å². The molecule has 20 heavy (non-hydrogen) atoms. The van der Waals surface area contributed by atoms with Crippen molar-refractivity contribution in [1.29, 1.82) is 0 Å². The number of imide groups is 2. The lowest BCUT2D eigenvalue weighted by Crippen LogP contribution is -2.58. The topological polar surface area (TPSA) is 79.6 Å². The van der Waals surface area contributed by atoms with Crippen LogP contribution in [0, 0.1) is 12.8 Å². The highest BCUT2D eigenvalue weighted by Crippen LogP contribution is 2.27. The summed E-state index contributed by atoms with van der Waals surface area (Å²) in [6.07, 6.45) is 1.12. The van der Waals surface area contributed by atoms with Gasteiger partial charge in [-0.2, -0.15) is 0 Å². The van der Waals surface area contributed by atoms with E-state index < -0.39 is 29.8 Å². The second-order valence-electron chi connectivity index (χ2n) is 4.97. The molecule has 1 aliphatic heterocycles. The van der Waals surface area contributed by atoms with Gasteiger partial charge in [0.2, 0.25) is 11.8 Å². The van der Waals surface area contributed by atoms with Crippen LogP contribution in [-0.4, -0.2) is 22.7 Å². The second kappa shape index (κ2) is 5.48. The van der Waals surface area contributed by atoms with Crippen LogP contribution in [0.15, 0.2) is 16.5 Å². The van der Waals surface area contributed by atoms with Gasteiger partial charge in [0, 0.05) is 0 Å². The molecule has 1 fully saturated rings. The Hall–Kier alpha value is -2.11. The molecule has 2 heterocycles. The monoisotopic (exact) mass is 278 g/mol. The molecule has 6 heteroatoms. The Balaban J connectivity index is 2.27. The standard InChI is InChI=1S/C14H18N2O4/c1-4-5-10-12(17)15-14(19)16(13(10)18)9(3)11-7-6-8(2)20-11/h6-7,9-10H,4-5H2,1-3H3,(H,15,17,19). The van der Waals surface area contributed by atoms with Gasteiger partial charge in [0.15, 0.2) is 0 Å². The number of rotatable bonds is 4. The van der Waals surface area contributed by atoms with Gasteiger partial charge >= 0.3 is 6.03 Å². The molecule has 1 aromatic heterocycles. The van der Waals surface area contributed by atoms with Gasteiger partial charge in [0.25, 0.3) is 0 Å². The van der Waals surface area contributed by atoms with E-state index in [2.05, 4.69) is 5.32 Å². The third-order valence-corrected chi connectivity index (χ3v) is 3.44.